The molecule has 0 aliphatic rings. The fraction of sp³-hybridized carbons (Fsp3) is 0.538. The van der Waals surface area contributed by atoms with Crippen molar-refractivity contribution in [2.45, 2.75) is 32.4 Å². The van der Waals surface area contributed by atoms with Crippen molar-refractivity contribution in [3.63, 3.8) is 0 Å². The van der Waals surface area contributed by atoms with Gasteiger partial charge in [-0.3, -0.25) is 0 Å². The third kappa shape index (κ3) is 4.21. The summed E-state index contributed by atoms with van der Waals surface area (Å²) in [6, 6.07) is 8.34. The van der Waals surface area contributed by atoms with E-state index in [4.69, 9.17) is 4.74 Å². The largest absolute Gasteiger partial charge is 0.496 e. The van der Waals surface area contributed by atoms with Crippen molar-refractivity contribution in [2.75, 3.05) is 13.7 Å². The van der Waals surface area contributed by atoms with Crippen LogP contribution in [0.15, 0.2) is 24.3 Å². The Kier molecular flexibility index (Phi) is 5.29. The second kappa shape index (κ2) is 6.51. The molecule has 0 amide bonds. The number of para-hydroxylation sites is 1. The minimum absolute atomic E-state index is 0.305. The average molecular weight is 223 g/mol. The molecule has 0 bridgehead atoms. The van der Waals surface area contributed by atoms with Gasteiger partial charge in [0.15, 0.2) is 0 Å². The Labute approximate surface area is 97.4 Å². The Hall–Kier alpha value is -1.06. The topological polar surface area (TPSA) is 41.5 Å². The Bertz CT molecular complexity index is 313. The van der Waals surface area contributed by atoms with Crippen LogP contribution in [0.2, 0.25) is 0 Å². The number of hydrogen-bond acceptors (Lipinski definition) is 3. The van der Waals surface area contributed by atoms with Gasteiger partial charge in [-0.25, -0.2) is 0 Å². The number of aliphatic hydroxyl groups is 1. The van der Waals surface area contributed by atoms with E-state index in [1.54, 1.807) is 14.0 Å². The summed E-state index contributed by atoms with van der Waals surface area (Å²) in [4.78, 5) is 0. The molecule has 1 unspecified atom stereocenters. The van der Waals surface area contributed by atoms with E-state index in [-0.39, 0.29) is 6.10 Å². The first-order chi connectivity index (χ1) is 7.63. The Balaban J connectivity index is 2.51. The van der Waals surface area contributed by atoms with E-state index >= 15 is 0 Å². The summed E-state index contributed by atoms with van der Waals surface area (Å²) in [6.45, 7) is 4.51. The molecule has 0 aliphatic heterocycles. The van der Waals surface area contributed by atoms with Crippen molar-refractivity contribution < 1.29 is 9.84 Å². The maximum absolute atomic E-state index is 9.18. The van der Waals surface area contributed by atoms with Gasteiger partial charge in [-0.15, -0.1) is 0 Å². The van der Waals surface area contributed by atoms with E-state index in [0.717, 1.165) is 12.2 Å². The maximum atomic E-state index is 9.18. The monoisotopic (exact) mass is 223 g/mol. The molecule has 2 N–H and O–H groups in total. The van der Waals surface area contributed by atoms with Gasteiger partial charge >= 0.3 is 0 Å². The molecule has 1 aromatic rings. The third-order valence-electron chi connectivity index (χ3n) is 2.48. The van der Waals surface area contributed by atoms with Gasteiger partial charge in [0.05, 0.1) is 13.2 Å². The number of aliphatic hydroxyl groups excluding tert-OH is 1. The van der Waals surface area contributed by atoms with Gasteiger partial charge < -0.3 is 15.2 Å². The fourth-order valence-corrected chi connectivity index (χ4v) is 1.65. The smallest absolute Gasteiger partial charge is 0.122 e. The van der Waals surface area contributed by atoms with Crippen molar-refractivity contribution in [1.82, 2.24) is 5.32 Å². The van der Waals surface area contributed by atoms with Gasteiger partial charge in [-0.1, -0.05) is 18.2 Å². The number of benzene rings is 1. The number of methoxy groups -OCH3 is 1. The molecule has 0 radical (unpaired) electrons. The van der Waals surface area contributed by atoms with Crippen molar-refractivity contribution in [3.05, 3.63) is 29.8 Å². The summed E-state index contributed by atoms with van der Waals surface area (Å²) in [7, 11) is 1.69. The van der Waals surface area contributed by atoms with Crippen molar-refractivity contribution in [2.24, 2.45) is 0 Å². The zero-order chi connectivity index (χ0) is 12.0. The van der Waals surface area contributed by atoms with Crippen LogP contribution in [0.4, 0.5) is 0 Å². The first-order valence-electron chi connectivity index (χ1n) is 5.66. The molecule has 3 nitrogen and oxygen atoms in total. The van der Waals surface area contributed by atoms with Crippen LogP contribution in [0.5, 0.6) is 5.75 Å². The zero-order valence-corrected chi connectivity index (χ0v) is 10.2. The molecule has 0 saturated carbocycles. The van der Waals surface area contributed by atoms with E-state index in [1.165, 1.54) is 5.56 Å². The number of hydrogen-bond donors (Lipinski definition) is 2. The molecule has 2 atom stereocenters. The summed E-state index contributed by atoms with van der Waals surface area (Å²) in [5.74, 6) is 0.924. The SMILES string of the molecule is COc1ccccc1CC(C)NC[C@@H](C)O. The standard InChI is InChI=1S/C13H21NO2/c1-10(14-9-11(2)15)8-12-6-4-5-7-13(12)16-3/h4-7,10-11,14-15H,8-9H2,1-3H3/t10?,11-/m1/s1. The molecule has 1 rings (SSSR count). The molecule has 0 spiro atoms. The van der Waals surface area contributed by atoms with Crippen LogP contribution in [-0.4, -0.2) is 30.9 Å². The van der Waals surface area contributed by atoms with Crippen molar-refractivity contribution >= 4 is 0 Å². The highest BCUT2D eigenvalue weighted by molar-refractivity contribution is 5.33. The lowest BCUT2D eigenvalue weighted by atomic mass is 10.1. The van der Waals surface area contributed by atoms with Gasteiger partial charge in [0.2, 0.25) is 0 Å². The molecule has 1 aromatic carbocycles. The second-order valence-electron chi connectivity index (χ2n) is 4.17. The lowest BCUT2D eigenvalue weighted by Gasteiger charge is -2.16. The van der Waals surface area contributed by atoms with E-state index in [2.05, 4.69) is 18.3 Å². The third-order valence-corrected chi connectivity index (χ3v) is 2.48. The molecule has 90 valence electrons. The zero-order valence-electron chi connectivity index (χ0n) is 10.2. The average Bonchev–Trinajstić information content (AvgIpc) is 2.27. The molecular formula is C13H21NO2. The van der Waals surface area contributed by atoms with Crippen molar-refractivity contribution in [3.8, 4) is 5.75 Å². The predicted molar refractivity (Wildman–Crippen MR) is 65.8 cm³/mol. The minimum atomic E-state index is -0.305. The normalized spacial score (nSPS) is 14.5. The van der Waals surface area contributed by atoms with Crippen LogP contribution in [0.25, 0.3) is 0 Å². The van der Waals surface area contributed by atoms with Crippen LogP contribution < -0.4 is 10.1 Å². The summed E-state index contributed by atoms with van der Waals surface area (Å²) >= 11 is 0. The first kappa shape index (κ1) is 13.0. The number of rotatable bonds is 6. The molecule has 0 saturated heterocycles. The molecule has 0 aromatic heterocycles. The molecule has 0 fully saturated rings. The fourth-order valence-electron chi connectivity index (χ4n) is 1.65. The minimum Gasteiger partial charge on any atom is -0.496 e. The van der Waals surface area contributed by atoms with Crippen LogP contribution in [0.1, 0.15) is 19.4 Å². The van der Waals surface area contributed by atoms with Crippen LogP contribution in [-0.2, 0) is 6.42 Å². The summed E-state index contributed by atoms with van der Waals surface area (Å²) < 4.78 is 5.29. The molecule has 16 heavy (non-hydrogen) atoms. The van der Waals surface area contributed by atoms with Gasteiger partial charge in [0.1, 0.15) is 5.75 Å². The molecule has 0 aliphatic carbocycles. The molecule has 3 heteroatoms. The lowest BCUT2D eigenvalue weighted by molar-refractivity contribution is 0.187. The van der Waals surface area contributed by atoms with Gasteiger partial charge in [0.25, 0.3) is 0 Å². The summed E-state index contributed by atoms with van der Waals surface area (Å²) in [5, 5.41) is 12.5. The highest BCUT2D eigenvalue weighted by Gasteiger charge is 2.07. The van der Waals surface area contributed by atoms with E-state index in [0.29, 0.717) is 12.6 Å². The van der Waals surface area contributed by atoms with Crippen LogP contribution in [0, 0.1) is 0 Å². The van der Waals surface area contributed by atoms with E-state index < -0.39 is 0 Å². The first-order valence-corrected chi connectivity index (χ1v) is 5.66. The summed E-state index contributed by atoms with van der Waals surface area (Å²) in [6.07, 6.45) is 0.594. The highest BCUT2D eigenvalue weighted by Crippen LogP contribution is 2.18. The summed E-state index contributed by atoms with van der Waals surface area (Å²) in [5.41, 5.74) is 1.19. The number of nitrogens with one attached hydrogen (secondary N) is 1. The van der Waals surface area contributed by atoms with E-state index in [9.17, 15) is 5.11 Å². The quantitative estimate of drug-likeness (QED) is 0.769. The van der Waals surface area contributed by atoms with Crippen molar-refractivity contribution in [1.29, 1.82) is 0 Å². The van der Waals surface area contributed by atoms with Gasteiger partial charge in [0, 0.05) is 12.6 Å². The highest BCUT2D eigenvalue weighted by atomic mass is 16.5. The van der Waals surface area contributed by atoms with Gasteiger partial charge in [-0.2, -0.15) is 0 Å². The van der Waals surface area contributed by atoms with Crippen LogP contribution >= 0.6 is 0 Å². The Morgan fingerprint density at radius 3 is 2.62 bits per heavy atom. The Morgan fingerprint density at radius 1 is 1.31 bits per heavy atom. The lowest BCUT2D eigenvalue weighted by Crippen LogP contribution is -2.33. The van der Waals surface area contributed by atoms with E-state index in [1.807, 2.05) is 18.2 Å². The molecule has 0 heterocycles. The van der Waals surface area contributed by atoms with Crippen LogP contribution in [0.3, 0.4) is 0 Å². The predicted octanol–water partition coefficient (Wildman–Crippen LogP) is 1.60. The number of ether oxygens (including phenoxy) is 1. The second-order valence-corrected chi connectivity index (χ2v) is 4.17. The molecular weight excluding hydrogens is 202 g/mol. The maximum Gasteiger partial charge on any atom is 0.122 e. The van der Waals surface area contributed by atoms with Gasteiger partial charge in [-0.05, 0) is 31.9 Å². The Morgan fingerprint density at radius 2 is 2.00 bits per heavy atom.